The molecule has 1 rings (SSSR count). The van der Waals surface area contributed by atoms with Gasteiger partial charge in [-0.15, -0.1) is 0 Å². The van der Waals surface area contributed by atoms with Gasteiger partial charge in [-0.3, -0.25) is 0 Å². The van der Waals surface area contributed by atoms with Gasteiger partial charge in [0.15, 0.2) is 0 Å². The van der Waals surface area contributed by atoms with Crippen LogP contribution in [-0.4, -0.2) is 71.8 Å². The molecule has 0 bridgehead atoms. The fourth-order valence-corrected chi connectivity index (χ4v) is 1.87. The number of ether oxygens (including phenoxy) is 1. The Morgan fingerprint density at radius 2 is 2.00 bits per heavy atom. The van der Waals surface area contributed by atoms with Crippen LogP contribution >= 0.6 is 0 Å². The summed E-state index contributed by atoms with van der Waals surface area (Å²) in [6, 6.07) is -0.542. The number of carbonyl (C=O) groups is 3. The first-order valence-corrected chi connectivity index (χ1v) is 6.30. The van der Waals surface area contributed by atoms with Gasteiger partial charge in [0, 0.05) is 20.1 Å². The van der Waals surface area contributed by atoms with E-state index in [9.17, 15) is 14.4 Å². The highest BCUT2D eigenvalue weighted by atomic mass is 16.5. The number of aliphatic carboxylic acids is 1. The number of amides is 3. The Morgan fingerprint density at radius 3 is 2.50 bits per heavy atom. The van der Waals surface area contributed by atoms with Crippen molar-refractivity contribution >= 4 is 18.1 Å². The van der Waals surface area contributed by atoms with E-state index in [1.54, 1.807) is 0 Å². The number of urea groups is 1. The van der Waals surface area contributed by atoms with Crippen molar-refractivity contribution in [3.63, 3.8) is 0 Å². The van der Waals surface area contributed by atoms with Crippen molar-refractivity contribution < 1.29 is 24.2 Å². The number of likely N-dealkylation sites (N-methyl/N-ethyl adjacent to an activating group) is 1. The number of carboxylic acids is 1. The summed E-state index contributed by atoms with van der Waals surface area (Å²) < 4.78 is 4.50. The fourth-order valence-electron chi connectivity index (χ4n) is 1.87. The predicted molar refractivity (Wildman–Crippen MR) is 70.4 cm³/mol. The van der Waals surface area contributed by atoms with E-state index < -0.39 is 17.6 Å². The van der Waals surface area contributed by atoms with Gasteiger partial charge in [-0.25, -0.2) is 14.4 Å². The van der Waals surface area contributed by atoms with Gasteiger partial charge < -0.3 is 25.0 Å². The summed E-state index contributed by atoms with van der Waals surface area (Å²) in [4.78, 5) is 37.2. The summed E-state index contributed by atoms with van der Waals surface area (Å²) in [5, 5.41) is 11.7. The van der Waals surface area contributed by atoms with Crippen LogP contribution in [0.3, 0.4) is 0 Å². The summed E-state index contributed by atoms with van der Waals surface area (Å²) >= 11 is 0. The van der Waals surface area contributed by atoms with E-state index in [1.165, 1.54) is 37.8 Å². The Balaban J connectivity index is 2.62. The molecule has 1 atom stereocenters. The van der Waals surface area contributed by atoms with E-state index in [0.29, 0.717) is 19.5 Å². The third-order valence-electron chi connectivity index (χ3n) is 3.61. The van der Waals surface area contributed by atoms with E-state index in [1.807, 2.05) is 0 Å². The minimum atomic E-state index is -1.29. The molecule has 0 aromatic heterocycles. The SMILES string of the molecule is COC(=O)NC1CCN(C(=O)N(C)C(C)(C)C(=O)O)C1. The molecule has 0 saturated carbocycles. The quantitative estimate of drug-likeness (QED) is 0.779. The standard InChI is InChI=1S/C12H21N3O5/c1-12(2,9(16)17)14(3)11(19)15-6-5-8(7-15)13-10(18)20-4/h8H,5-7H2,1-4H3,(H,13,18)(H,16,17). The number of alkyl carbamates (subject to hydrolysis) is 1. The van der Waals surface area contributed by atoms with Crippen molar-refractivity contribution in [2.24, 2.45) is 0 Å². The zero-order valence-electron chi connectivity index (χ0n) is 12.2. The molecule has 3 amide bonds. The Hall–Kier alpha value is -1.99. The predicted octanol–water partition coefficient (Wildman–Crippen LogP) is 0.332. The Bertz CT molecular complexity index is 410. The van der Waals surface area contributed by atoms with Gasteiger partial charge in [0.05, 0.1) is 13.2 Å². The average molecular weight is 287 g/mol. The monoisotopic (exact) mass is 287 g/mol. The fraction of sp³-hybridized carbons (Fsp3) is 0.750. The van der Waals surface area contributed by atoms with Crippen LogP contribution < -0.4 is 5.32 Å². The van der Waals surface area contributed by atoms with Crippen molar-refractivity contribution in [1.82, 2.24) is 15.1 Å². The molecular weight excluding hydrogens is 266 g/mol. The lowest BCUT2D eigenvalue weighted by atomic mass is 10.0. The summed E-state index contributed by atoms with van der Waals surface area (Å²) in [6.45, 7) is 3.74. The molecule has 0 aromatic carbocycles. The number of likely N-dealkylation sites (tertiary alicyclic amines) is 1. The van der Waals surface area contributed by atoms with E-state index >= 15 is 0 Å². The Labute approximate surface area is 117 Å². The molecular formula is C12H21N3O5. The van der Waals surface area contributed by atoms with Gasteiger partial charge in [0.1, 0.15) is 5.54 Å². The average Bonchev–Trinajstić information content (AvgIpc) is 2.84. The second kappa shape index (κ2) is 5.98. The molecule has 8 nitrogen and oxygen atoms in total. The number of nitrogens with one attached hydrogen (secondary N) is 1. The lowest BCUT2D eigenvalue weighted by Crippen LogP contribution is -2.55. The Kier molecular flexibility index (Phi) is 4.80. The molecule has 114 valence electrons. The summed E-state index contributed by atoms with van der Waals surface area (Å²) in [5.41, 5.74) is -1.29. The van der Waals surface area contributed by atoms with Crippen LogP contribution in [0, 0.1) is 0 Å². The van der Waals surface area contributed by atoms with Crippen molar-refractivity contribution in [3.05, 3.63) is 0 Å². The number of nitrogens with zero attached hydrogens (tertiary/aromatic N) is 2. The van der Waals surface area contributed by atoms with E-state index in [0.717, 1.165) is 0 Å². The first-order valence-electron chi connectivity index (χ1n) is 6.30. The van der Waals surface area contributed by atoms with Crippen molar-refractivity contribution in [3.8, 4) is 0 Å². The maximum absolute atomic E-state index is 12.2. The molecule has 1 fully saturated rings. The molecule has 1 heterocycles. The number of carbonyl (C=O) groups excluding carboxylic acids is 2. The molecule has 20 heavy (non-hydrogen) atoms. The van der Waals surface area contributed by atoms with Gasteiger partial charge in [-0.05, 0) is 20.3 Å². The van der Waals surface area contributed by atoms with Crippen molar-refractivity contribution in [1.29, 1.82) is 0 Å². The maximum atomic E-state index is 12.2. The minimum absolute atomic E-state index is 0.173. The van der Waals surface area contributed by atoms with Gasteiger partial charge in [-0.1, -0.05) is 0 Å². The van der Waals surface area contributed by atoms with Crippen LogP contribution in [0.5, 0.6) is 0 Å². The normalized spacial score (nSPS) is 18.6. The third kappa shape index (κ3) is 3.31. The van der Waals surface area contributed by atoms with Crippen LogP contribution in [0.2, 0.25) is 0 Å². The molecule has 1 unspecified atom stereocenters. The van der Waals surface area contributed by atoms with Gasteiger partial charge in [0.25, 0.3) is 0 Å². The minimum Gasteiger partial charge on any atom is -0.480 e. The number of rotatable bonds is 3. The molecule has 0 spiro atoms. The van der Waals surface area contributed by atoms with Gasteiger partial charge >= 0.3 is 18.1 Å². The molecule has 1 aliphatic rings. The number of hydrogen-bond acceptors (Lipinski definition) is 4. The van der Waals surface area contributed by atoms with Crippen LogP contribution in [0.25, 0.3) is 0 Å². The first-order chi connectivity index (χ1) is 9.20. The van der Waals surface area contributed by atoms with Crippen molar-refractivity contribution in [2.45, 2.75) is 31.8 Å². The van der Waals surface area contributed by atoms with Crippen LogP contribution in [0.4, 0.5) is 9.59 Å². The van der Waals surface area contributed by atoms with E-state index in [-0.39, 0.29) is 12.1 Å². The molecule has 0 radical (unpaired) electrons. The van der Waals surface area contributed by atoms with Gasteiger partial charge in [-0.2, -0.15) is 0 Å². The summed E-state index contributed by atoms with van der Waals surface area (Å²) in [6.07, 6.45) is 0.0749. The zero-order valence-corrected chi connectivity index (χ0v) is 12.2. The van der Waals surface area contributed by atoms with Crippen LogP contribution in [0.15, 0.2) is 0 Å². The molecule has 0 aromatic rings. The maximum Gasteiger partial charge on any atom is 0.407 e. The lowest BCUT2D eigenvalue weighted by Gasteiger charge is -2.34. The summed E-state index contributed by atoms with van der Waals surface area (Å²) in [5.74, 6) is -1.07. The second-order valence-corrected chi connectivity index (χ2v) is 5.27. The second-order valence-electron chi connectivity index (χ2n) is 5.27. The number of hydrogen-bond donors (Lipinski definition) is 2. The first kappa shape index (κ1) is 16.1. The zero-order chi connectivity index (χ0) is 15.5. The Morgan fingerprint density at radius 1 is 1.40 bits per heavy atom. The van der Waals surface area contributed by atoms with Crippen molar-refractivity contribution in [2.75, 3.05) is 27.2 Å². The third-order valence-corrected chi connectivity index (χ3v) is 3.61. The highest BCUT2D eigenvalue weighted by Crippen LogP contribution is 2.18. The van der Waals surface area contributed by atoms with Crippen LogP contribution in [0.1, 0.15) is 20.3 Å². The lowest BCUT2D eigenvalue weighted by molar-refractivity contribution is -0.147. The molecule has 1 saturated heterocycles. The number of carboxylic acid groups (broad SMARTS) is 1. The van der Waals surface area contributed by atoms with Gasteiger partial charge in [0.2, 0.25) is 0 Å². The van der Waals surface area contributed by atoms with E-state index in [2.05, 4.69) is 10.1 Å². The van der Waals surface area contributed by atoms with E-state index in [4.69, 9.17) is 5.11 Å². The molecule has 0 aliphatic carbocycles. The number of methoxy groups -OCH3 is 1. The largest absolute Gasteiger partial charge is 0.480 e. The highest BCUT2D eigenvalue weighted by Gasteiger charge is 2.39. The topological polar surface area (TPSA) is 99.2 Å². The molecule has 8 heteroatoms. The molecule has 2 N–H and O–H groups in total. The summed E-state index contributed by atoms with van der Waals surface area (Å²) in [7, 11) is 2.73. The van der Waals surface area contributed by atoms with Crippen LogP contribution in [-0.2, 0) is 9.53 Å². The highest BCUT2D eigenvalue weighted by molar-refractivity contribution is 5.85. The molecule has 1 aliphatic heterocycles. The smallest absolute Gasteiger partial charge is 0.407 e.